The number of hydrogen-bond acceptors (Lipinski definition) is 5. The Morgan fingerprint density at radius 2 is 1.19 bits per heavy atom. The Bertz CT molecular complexity index is 1010. The summed E-state index contributed by atoms with van der Waals surface area (Å²) in [6.07, 6.45) is 2.06. The van der Waals surface area contributed by atoms with Crippen LogP contribution in [0, 0.1) is 5.92 Å². The standard InChI is InChI=1S/C20H22O5S2/c1-2-15-13-14-18(21)20(27(24,25)17-11-7-4-8-12-17)19(15)26(22,23)16-9-5-3-6-10-16/h3-15,18-21H,2H2,1H3/t15-,18+,19+,20+/m1/s1. The molecule has 4 atom stereocenters. The average molecular weight is 407 g/mol. The Morgan fingerprint density at radius 3 is 1.63 bits per heavy atom. The predicted octanol–water partition coefficient (Wildman–Crippen LogP) is 2.63. The van der Waals surface area contributed by atoms with E-state index < -0.39 is 42.2 Å². The van der Waals surface area contributed by atoms with Crippen LogP contribution in [0.25, 0.3) is 0 Å². The summed E-state index contributed by atoms with van der Waals surface area (Å²) in [5, 5.41) is 7.79. The van der Waals surface area contributed by atoms with E-state index in [0.717, 1.165) is 0 Å². The third-order valence-electron chi connectivity index (χ3n) is 4.97. The third kappa shape index (κ3) is 3.59. The van der Waals surface area contributed by atoms with Gasteiger partial charge in [-0.25, -0.2) is 16.8 Å². The van der Waals surface area contributed by atoms with Gasteiger partial charge in [0.05, 0.1) is 21.1 Å². The maximum Gasteiger partial charge on any atom is 0.185 e. The van der Waals surface area contributed by atoms with Crippen molar-refractivity contribution in [2.24, 2.45) is 5.92 Å². The minimum Gasteiger partial charge on any atom is -0.388 e. The van der Waals surface area contributed by atoms with Crippen LogP contribution in [0.5, 0.6) is 0 Å². The fourth-order valence-electron chi connectivity index (χ4n) is 3.58. The first-order valence-corrected chi connectivity index (χ1v) is 11.8. The summed E-state index contributed by atoms with van der Waals surface area (Å²) < 4.78 is 53.3. The summed E-state index contributed by atoms with van der Waals surface area (Å²) in [4.78, 5) is 0.0664. The zero-order chi connectivity index (χ0) is 19.7. The molecular weight excluding hydrogens is 384 g/mol. The highest BCUT2D eigenvalue weighted by Gasteiger charge is 2.50. The van der Waals surface area contributed by atoms with E-state index in [0.29, 0.717) is 6.42 Å². The molecule has 1 N–H and O–H groups in total. The van der Waals surface area contributed by atoms with Gasteiger partial charge in [-0.15, -0.1) is 0 Å². The fourth-order valence-corrected chi connectivity index (χ4v) is 8.43. The molecule has 0 spiro atoms. The van der Waals surface area contributed by atoms with Gasteiger partial charge in [0.1, 0.15) is 5.25 Å². The average Bonchev–Trinajstić information content (AvgIpc) is 2.69. The van der Waals surface area contributed by atoms with Gasteiger partial charge in [0.15, 0.2) is 19.7 Å². The van der Waals surface area contributed by atoms with Crippen molar-refractivity contribution in [3.8, 4) is 0 Å². The molecule has 0 fully saturated rings. The molecular formula is C20H22O5S2. The van der Waals surface area contributed by atoms with Crippen LogP contribution in [-0.4, -0.2) is 38.5 Å². The van der Waals surface area contributed by atoms with Crippen LogP contribution in [0.4, 0.5) is 0 Å². The minimum atomic E-state index is -4.07. The van der Waals surface area contributed by atoms with Gasteiger partial charge in [-0.05, 0) is 36.6 Å². The van der Waals surface area contributed by atoms with Gasteiger partial charge in [-0.1, -0.05) is 55.5 Å². The van der Waals surface area contributed by atoms with Gasteiger partial charge in [-0.2, -0.15) is 0 Å². The van der Waals surface area contributed by atoms with E-state index in [1.165, 1.54) is 30.3 Å². The second kappa shape index (κ2) is 7.58. The summed E-state index contributed by atoms with van der Waals surface area (Å²) in [7, 11) is -8.06. The van der Waals surface area contributed by atoms with Gasteiger partial charge < -0.3 is 5.11 Å². The molecule has 5 nitrogen and oxygen atoms in total. The van der Waals surface area contributed by atoms with E-state index in [2.05, 4.69) is 0 Å². The lowest BCUT2D eigenvalue weighted by atomic mass is 9.91. The number of benzene rings is 2. The van der Waals surface area contributed by atoms with Crippen molar-refractivity contribution < 1.29 is 21.9 Å². The normalized spacial score (nSPS) is 26.0. The molecule has 1 aliphatic rings. The van der Waals surface area contributed by atoms with Crippen molar-refractivity contribution in [1.29, 1.82) is 0 Å². The molecule has 2 aromatic carbocycles. The Kier molecular flexibility index (Phi) is 5.55. The zero-order valence-electron chi connectivity index (χ0n) is 14.8. The number of hydrogen-bond donors (Lipinski definition) is 1. The van der Waals surface area contributed by atoms with Crippen LogP contribution in [0.1, 0.15) is 13.3 Å². The predicted molar refractivity (Wildman–Crippen MR) is 104 cm³/mol. The Morgan fingerprint density at radius 1 is 0.741 bits per heavy atom. The van der Waals surface area contributed by atoms with Crippen LogP contribution in [0.3, 0.4) is 0 Å². The van der Waals surface area contributed by atoms with Crippen LogP contribution >= 0.6 is 0 Å². The minimum absolute atomic E-state index is 0.00691. The first-order chi connectivity index (χ1) is 12.8. The first kappa shape index (κ1) is 19.8. The Labute approximate surface area is 160 Å². The van der Waals surface area contributed by atoms with E-state index in [1.54, 1.807) is 42.5 Å². The molecule has 144 valence electrons. The van der Waals surface area contributed by atoms with Gasteiger partial charge in [0.25, 0.3) is 0 Å². The topological polar surface area (TPSA) is 88.5 Å². The number of aliphatic hydroxyl groups excluding tert-OH is 1. The summed E-state index contributed by atoms with van der Waals surface area (Å²) in [6, 6.07) is 15.5. The van der Waals surface area contributed by atoms with Crippen LogP contribution in [0.15, 0.2) is 82.6 Å². The number of allylic oxidation sites excluding steroid dienone is 1. The highest BCUT2D eigenvalue weighted by molar-refractivity contribution is 7.96. The second-order valence-corrected chi connectivity index (χ2v) is 10.8. The lowest BCUT2D eigenvalue weighted by Crippen LogP contribution is -2.52. The summed E-state index contributed by atoms with van der Waals surface area (Å²) in [5.74, 6) is -0.512. The van der Waals surface area contributed by atoms with Crippen molar-refractivity contribution in [1.82, 2.24) is 0 Å². The van der Waals surface area contributed by atoms with Gasteiger partial charge in [0, 0.05) is 0 Å². The smallest absolute Gasteiger partial charge is 0.185 e. The molecule has 0 radical (unpaired) electrons. The molecule has 0 aromatic heterocycles. The van der Waals surface area contributed by atoms with Gasteiger partial charge >= 0.3 is 0 Å². The highest BCUT2D eigenvalue weighted by atomic mass is 32.2. The molecule has 27 heavy (non-hydrogen) atoms. The van der Waals surface area contributed by atoms with Crippen molar-refractivity contribution in [2.45, 2.75) is 39.7 Å². The van der Waals surface area contributed by atoms with Crippen LogP contribution in [-0.2, 0) is 19.7 Å². The maximum atomic E-state index is 13.4. The number of rotatable bonds is 5. The monoisotopic (exact) mass is 406 g/mol. The molecule has 0 heterocycles. The van der Waals surface area contributed by atoms with Gasteiger partial charge in [0.2, 0.25) is 0 Å². The summed E-state index contributed by atoms with van der Waals surface area (Å²) in [6.45, 7) is 1.81. The van der Waals surface area contributed by atoms with Crippen molar-refractivity contribution in [3.05, 3.63) is 72.8 Å². The molecule has 1 aliphatic carbocycles. The first-order valence-electron chi connectivity index (χ1n) is 8.74. The van der Waals surface area contributed by atoms with Crippen LogP contribution < -0.4 is 0 Å². The van der Waals surface area contributed by atoms with E-state index in [-0.39, 0.29) is 9.79 Å². The lowest BCUT2D eigenvalue weighted by molar-refractivity contribution is 0.197. The summed E-state index contributed by atoms with van der Waals surface area (Å²) in [5.41, 5.74) is 0. The fraction of sp³-hybridized carbons (Fsp3) is 0.300. The molecule has 0 bridgehead atoms. The zero-order valence-corrected chi connectivity index (χ0v) is 16.5. The molecule has 0 saturated heterocycles. The summed E-state index contributed by atoms with van der Waals surface area (Å²) >= 11 is 0. The molecule has 0 amide bonds. The van der Waals surface area contributed by atoms with Crippen molar-refractivity contribution in [3.63, 3.8) is 0 Å². The van der Waals surface area contributed by atoms with Crippen molar-refractivity contribution in [2.75, 3.05) is 0 Å². The molecule has 0 saturated carbocycles. The van der Waals surface area contributed by atoms with E-state index in [9.17, 15) is 21.9 Å². The highest BCUT2D eigenvalue weighted by Crippen LogP contribution is 2.37. The molecule has 2 aromatic rings. The maximum absolute atomic E-state index is 13.4. The SMILES string of the molecule is CC[C@@H]1C=C[C@H](O)[C@H](S(=O)(=O)c2ccccc2)[C@H]1S(=O)(=O)c1ccccc1. The lowest BCUT2D eigenvalue weighted by Gasteiger charge is -2.36. The van der Waals surface area contributed by atoms with E-state index in [1.807, 2.05) is 6.92 Å². The molecule has 0 unspecified atom stereocenters. The van der Waals surface area contributed by atoms with E-state index >= 15 is 0 Å². The molecule has 0 aliphatic heterocycles. The quantitative estimate of drug-likeness (QED) is 0.771. The Hall–Kier alpha value is -1.96. The largest absolute Gasteiger partial charge is 0.388 e. The van der Waals surface area contributed by atoms with Gasteiger partial charge in [-0.3, -0.25) is 0 Å². The molecule has 7 heteroatoms. The van der Waals surface area contributed by atoms with E-state index in [4.69, 9.17) is 0 Å². The Balaban J connectivity index is 2.20. The number of sulfone groups is 2. The van der Waals surface area contributed by atoms with Crippen LogP contribution in [0.2, 0.25) is 0 Å². The molecule has 3 rings (SSSR count). The third-order valence-corrected chi connectivity index (χ3v) is 9.65. The number of aliphatic hydroxyl groups is 1. The second-order valence-electron chi connectivity index (χ2n) is 6.59. The van der Waals surface area contributed by atoms with Crippen molar-refractivity contribution >= 4 is 19.7 Å².